The maximum Gasteiger partial charge on any atom is 0.191 e. The molecule has 0 aromatic heterocycles. The average Bonchev–Trinajstić information content (AvgIpc) is 3.02. The second-order valence-corrected chi connectivity index (χ2v) is 7.59. The molecule has 130 valence electrons. The molecule has 0 bridgehead atoms. The van der Waals surface area contributed by atoms with Crippen LogP contribution in [-0.4, -0.2) is 62.1 Å². The lowest BCUT2D eigenvalue weighted by molar-refractivity contribution is 0.213. The van der Waals surface area contributed by atoms with Gasteiger partial charge in [0.2, 0.25) is 0 Å². The molecule has 0 aromatic rings. The molecule has 1 heterocycles. The van der Waals surface area contributed by atoms with Crippen molar-refractivity contribution in [1.82, 2.24) is 15.5 Å². The predicted octanol–water partition coefficient (Wildman–Crippen LogP) is 2.81. The first-order valence-corrected chi connectivity index (χ1v) is 10.2. The van der Waals surface area contributed by atoms with Gasteiger partial charge in [-0.1, -0.05) is 13.8 Å². The predicted molar refractivity (Wildman–Crippen MR) is 101 cm³/mol. The summed E-state index contributed by atoms with van der Waals surface area (Å²) in [6, 6.07) is 0.637. The minimum Gasteiger partial charge on any atom is -0.356 e. The molecule has 1 aliphatic heterocycles. The topological polar surface area (TPSA) is 39.7 Å². The number of likely N-dealkylation sites (tertiary alicyclic amines) is 1. The molecule has 22 heavy (non-hydrogen) atoms. The smallest absolute Gasteiger partial charge is 0.191 e. The van der Waals surface area contributed by atoms with Crippen molar-refractivity contribution in [2.24, 2.45) is 10.9 Å². The third kappa shape index (κ3) is 8.28. The third-order valence-corrected chi connectivity index (χ3v) is 4.89. The molecule has 4 nitrogen and oxygen atoms in total. The summed E-state index contributed by atoms with van der Waals surface area (Å²) in [5, 5.41) is 6.97. The van der Waals surface area contributed by atoms with Gasteiger partial charge in [0.1, 0.15) is 0 Å². The second kappa shape index (κ2) is 12.1. The first-order chi connectivity index (χ1) is 10.7. The molecule has 1 saturated heterocycles. The Bertz CT molecular complexity index is 301. The van der Waals surface area contributed by atoms with E-state index >= 15 is 0 Å². The molecule has 1 fully saturated rings. The molecule has 0 saturated carbocycles. The zero-order chi connectivity index (χ0) is 16.2. The lowest BCUT2D eigenvalue weighted by Crippen LogP contribution is -2.47. The molecule has 0 amide bonds. The van der Waals surface area contributed by atoms with Gasteiger partial charge in [-0.05, 0) is 63.1 Å². The summed E-state index contributed by atoms with van der Waals surface area (Å²) in [7, 11) is 1.87. The van der Waals surface area contributed by atoms with Gasteiger partial charge < -0.3 is 10.6 Å². The van der Waals surface area contributed by atoms with Crippen molar-refractivity contribution in [1.29, 1.82) is 0 Å². The third-order valence-electron chi connectivity index (χ3n) is 4.20. The Morgan fingerprint density at radius 2 is 1.91 bits per heavy atom. The number of guanidine groups is 1. The maximum atomic E-state index is 4.35. The molecular formula is C17H36N4S. The Balaban J connectivity index is 2.31. The highest BCUT2D eigenvalue weighted by Gasteiger charge is 2.22. The number of rotatable bonds is 10. The van der Waals surface area contributed by atoms with Gasteiger partial charge in [0.05, 0.1) is 0 Å². The van der Waals surface area contributed by atoms with E-state index in [9.17, 15) is 0 Å². The van der Waals surface area contributed by atoms with Gasteiger partial charge in [0.15, 0.2) is 5.96 Å². The summed E-state index contributed by atoms with van der Waals surface area (Å²) < 4.78 is 0. The standard InChI is InChI=1S/C17H36N4S/c1-15(2)13-16(21-10-6-7-11-21)14-20-17(18-3)19-9-5-8-12-22-4/h15-16H,5-14H2,1-4H3,(H2,18,19,20). The molecule has 1 unspecified atom stereocenters. The Kier molecular flexibility index (Phi) is 10.8. The number of hydrogen-bond acceptors (Lipinski definition) is 3. The van der Waals surface area contributed by atoms with E-state index in [4.69, 9.17) is 0 Å². The Morgan fingerprint density at radius 3 is 2.50 bits per heavy atom. The first-order valence-electron chi connectivity index (χ1n) is 8.84. The van der Waals surface area contributed by atoms with Gasteiger partial charge in [-0.15, -0.1) is 0 Å². The van der Waals surface area contributed by atoms with Crippen LogP contribution in [0.5, 0.6) is 0 Å². The van der Waals surface area contributed by atoms with Gasteiger partial charge in [-0.2, -0.15) is 11.8 Å². The monoisotopic (exact) mass is 328 g/mol. The van der Waals surface area contributed by atoms with E-state index in [1.165, 1.54) is 50.9 Å². The van der Waals surface area contributed by atoms with Crippen LogP contribution in [0.3, 0.4) is 0 Å². The lowest BCUT2D eigenvalue weighted by atomic mass is 10.0. The zero-order valence-corrected chi connectivity index (χ0v) is 15.8. The van der Waals surface area contributed by atoms with Crippen molar-refractivity contribution in [3.05, 3.63) is 0 Å². The van der Waals surface area contributed by atoms with Gasteiger partial charge in [0, 0.05) is 26.2 Å². The van der Waals surface area contributed by atoms with Crippen LogP contribution in [-0.2, 0) is 0 Å². The zero-order valence-electron chi connectivity index (χ0n) is 15.0. The Hall–Kier alpha value is -0.420. The fraction of sp³-hybridized carbons (Fsp3) is 0.941. The summed E-state index contributed by atoms with van der Waals surface area (Å²) in [6.45, 7) is 9.19. The highest BCUT2D eigenvalue weighted by atomic mass is 32.2. The van der Waals surface area contributed by atoms with Gasteiger partial charge >= 0.3 is 0 Å². The van der Waals surface area contributed by atoms with Crippen LogP contribution in [0.15, 0.2) is 4.99 Å². The number of aliphatic imine (C=N–C) groups is 1. The van der Waals surface area contributed by atoms with Crippen LogP contribution in [0, 0.1) is 5.92 Å². The number of unbranched alkanes of at least 4 members (excludes halogenated alkanes) is 1. The van der Waals surface area contributed by atoms with E-state index in [1.54, 1.807) is 0 Å². The Labute approximate surface area is 141 Å². The van der Waals surface area contributed by atoms with Gasteiger partial charge in [-0.25, -0.2) is 0 Å². The van der Waals surface area contributed by atoms with Crippen molar-refractivity contribution >= 4 is 17.7 Å². The molecule has 1 rings (SSSR count). The van der Waals surface area contributed by atoms with E-state index in [1.807, 2.05) is 18.8 Å². The summed E-state index contributed by atoms with van der Waals surface area (Å²) in [5.74, 6) is 2.95. The average molecular weight is 329 g/mol. The van der Waals surface area contributed by atoms with Crippen molar-refractivity contribution in [3.63, 3.8) is 0 Å². The van der Waals surface area contributed by atoms with Crippen LogP contribution in [0.25, 0.3) is 0 Å². The highest BCUT2D eigenvalue weighted by molar-refractivity contribution is 7.98. The SMILES string of the molecule is CN=C(NCCCCSC)NCC(CC(C)C)N1CCCC1. The molecule has 1 aliphatic rings. The maximum absolute atomic E-state index is 4.35. The van der Waals surface area contributed by atoms with Crippen molar-refractivity contribution in [2.75, 3.05) is 45.2 Å². The number of nitrogens with one attached hydrogen (secondary N) is 2. The summed E-state index contributed by atoms with van der Waals surface area (Å²) in [5.41, 5.74) is 0. The van der Waals surface area contributed by atoms with Gasteiger partial charge in [-0.3, -0.25) is 9.89 Å². The van der Waals surface area contributed by atoms with E-state index in [2.05, 4.69) is 40.6 Å². The first kappa shape index (κ1) is 19.6. The van der Waals surface area contributed by atoms with Crippen molar-refractivity contribution in [2.45, 2.75) is 52.0 Å². The second-order valence-electron chi connectivity index (χ2n) is 6.61. The highest BCUT2D eigenvalue weighted by Crippen LogP contribution is 2.17. The van der Waals surface area contributed by atoms with Gasteiger partial charge in [0.25, 0.3) is 0 Å². The van der Waals surface area contributed by atoms with Crippen LogP contribution < -0.4 is 10.6 Å². The fourth-order valence-electron chi connectivity index (χ4n) is 3.03. The van der Waals surface area contributed by atoms with Crippen LogP contribution in [0.4, 0.5) is 0 Å². The summed E-state index contributed by atoms with van der Waals surface area (Å²) in [6.07, 6.45) is 8.63. The molecule has 0 spiro atoms. The minimum atomic E-state index is 0.637. The van der Waals surface area contributed by atoms with E-state index < -0.39 is 0 Å². The number of thioether (sulfide) groups is 1. The Morgan fingerprint density at radius 1 is 1.18 bits per heavy atom. The summed E-state index contributed by atoms with van der Waals surface area (Å²) >= 11 is 1.92. The van der Waals surface area contributed by atoms with E-state index in [0.717, 1.165) is 25.0 Å². The normalized spacial score (nSPS) is 18.0. The van der Waals surface area contributed by atoms with E-state index in [0.29, 0.717) is 6.04 Å². The molecule has 2 N–H and O–H groups in total. The fourth-order valence-corrected chi connectivity index (χ4v) is 3.52. The van der Waals surface area contributed by atoms with Crippen LogP contribution in [0.1, 0.15) is 46.0 Å². The van der Waals surface area contributed by atoms with Crippen molar-refractivity contribution in [3.8, 4) is 0 Å². The molecule has 0 aliphatic carbocycles. The summed E-state index contributed by atoms with van der Waals surface area (Å²) in [4.78, 5) is 7.01. The molecule has 0 aromatic carbocycles. The number of hydrogen-bond donors (Lipinski definition) is 2. The van der Waals surface area contributed by atoms with Crippen LogP contribution >= 0.6 is 11.8 Å². The number of nitrogens with zero attached hydrogens (tertiary/aromatic N) is 2. The lowest BCUT2D eigenvalue weighted by Gasteiger charge is -2.29. The quantitative estimate of drug-likeness (QED) is 0.367. The minimum absolute atomic E-state index is 0.637. The molecule has 0 radical (unpaired) electrons. The molecule has 5 heteroatoms. The van der Waals surface area contributed by atoms with E-state index in [-0.39, 0.29) is 0 Å². The molecule has 1 atom stereocenters. The van der Waals surface area contributed by atoms with Crippen molar-refractivity contribution < 1.29 is 0 Å². The largest absolute Gasteiger partial charge is 0.356 e. The van der Waals surface area contributed by atoms with Crippen LogP contribution in [0.2, 0.25) is 0 Å². The molecular weight excluding hydrogens is 292 g/mol.